The minimum atomic E-state index is -0.769. The van der Waals surface area contributed by atoms with E-state index < -0.39 is 6.09 Å². The van der Waals surface area contributed by atoms with Crippen molar-refractivity contribution in [3.63, 3.8) is 0 Å². The maximum Gasteiger partial charge on any atom is 0.407 e. The highest BCUT2D eigenvalue weighted by atomic mass is 16.4. The first-order valence-electron chi connectivity index (χ1n) is 7.45. The Bertz CT molecular complexity index is 697. The van der Waals surface area contributed by atoms with Gasteiger partial charge in [-0.15, -0.1) is 0 Å². The number of carbonyl (C=O) groups is 1. The quantitative estimate of drug-likeness (QED) is 0.874. The van der Waals surface area contributed by atoms with Crippen LogP contribution in [0.4, 0.5) is 4.79 Å². The summed E-state index contributed by atoms with van der Waals surface area (Å²) < 4.78 is 2.26. The summed E-state index contributed by atoms with van der Waals surface area (Å²) in [5.41, 5.74) is 2.03. The van der Waals surface area contributed by atoms with Crippen LogP contribution in [0.2, 0.25) is 0 Å². The molecule has 110 valence electrons. The number of rotatable bonds is 1. The highest BCUT2D eigenvalue weighted by Gasteiger charge is 2.44. The van der Waals surface area contributed by atoms with E-state index >= 15 is 0 Å². The molecule has 2 aliphatic heterocycles. The number of piperidine rings is 1. The van der Waals surface area contributed by atoms with Crippen LogP contribution in [-0.4, -0.2) is 42.7 Å². The van der Waals surface area contributed by atoms with Crippen molar-refractivity contribution in [3.8, 4) is 0 Å². The molecular formula is C15H18N4O2. The van der Waals surface area contributed by atoms with Gasteiger partial charge in [-0.05, 0) is 38.7 Å². The van der Waals surface area contributed by atoms with Crippen molar-refractivity contribution in [3.05, 3.63) is 24.3 Å². The number of aromatic nitrogens is 3. The van der Waals surface area contributed by atoms with Crippen molar-refractivity contribution in [1.82, 2.24) is 19.4 Å². The van der Waals surface area contributed by atoms with E-state index in [4.69, 9.17) is 0 Å². The Morgan fingerprint density at radius 1 is 1.29 bits per heavy atom. The first-order valence-corrected chi connectivity index (χ1v) is 7.45. The van der Waals surface area contributed by atoms with Crippen molar-refractivity contribution in [1.29, 1.82) is 0 Å². The molecule has 2 aromatic heterocycles. The van der Waals surface area contributed by atoms with Crippen molar-refractivity contribution < 1.29 is 9.90 Å². The summed E-state index contributed by atoms with van der Waals surface area (Å²) >= 11 is 0. The van der Waals surface area contributed by atoms with Crippen LogP contribution in [0.3, 0.4) is 0 Å². The van der Waals surface area contributed by atoms with E-state index in [1.165, 1.54) is 0 Å². The molecule has 2 fully saturated rings. The standard InChI is InChI=1S/C15H18N4O2/c1-9-17-13-4-5-16-8-14(13)18(9)12-6-10-2-3-11(7-12)19(10)15(20)21/h4-5,8,10-12H,2-3,6-7H2,1H3,(H,20,21). The van der Waals surface area contributed by atoms with Crippen LogP contribution >= 0.6 is 0 Å². The predicted octanol–water partition coefficient (Wildman–Crippen LogP) is 2.59. The van der Waals surface area contributed by atoms with Gasteiger partial charge >= 0.3 is 6.09 Å². The third kappa shape index (κ3) is 1.81. The van der Waals surface area contributed by atoms with Crippen LogP contribution in [0.1, 0.15) is 37.5 Å². The van der Waals surface area contributed by atoms with Gasteiger partial charge in [-0.25, -0.2) is 9.78 Å². The Labute approximate surface area is 122 Å². The molecule has 0 aliphatic carbocycles. The Morgan fingerprint density at radius 2 is 2.00 bits per heavy atom. The van der Waals surface area contributed by atoms with Gasteiger partial charge in [0.1, 0.15) is 5.82 Å². The Morgan fingerprint density at radius 3 is 2.67 bits per heavy atom. The van der Waals surface area contributed by atoms with E-state index in [9.17, 15) is 9.90 Å². The first-order chi connectivity index (χ1) is 10.1. The predicted molar refractivity (Wildman–Crippen MR) is 77.2 cm³/mol. The summed E-state index contributed by atoms with van der Waals surface area (Å²) in [6.45, 7) is 2.02. The largest absolute Gasteiger partial charge is 0.465 e. The maximum atomic E-state index is 11.4. The van der Waals surface area contributed by atoms with Crippen molar-refractivity contribution in [2.75, 3.05) is 0 Å². The second-order valence-electron chi connectivity index (χ2n) is 6.09. The number of pyridine rings is 1. The molecule has 2 saturated heterocycles. The molecule has 0 aromatic carbocycles. The number of nitrogens with zero attached hydrogens (tertiary/aromatic N) is 4. The minimum absolute atomic E-state index is 0.153. The SMILES string of the molecule is Cc1nc2ccncc2n1C1CC2CCC(C1)N2C(=O)O. The number of hydrogen-bond donors (Lipinski definition) is 1. The van der Waals surface area contributed by atoms with Crippen LogP contribution in [0.15, 0.2) is 18.5 Å². The summed E-state index contributed by atoms with van der Waals surface area (Å²) in [4.78, 5) is 21.9. The molecular weight excluding hydrogens is 268 g/mol. The van der Waals surface area contributed by atoms with Gasteiger partial charge in [0.15, 0.2) is 0 Å². The fraction of sp³-hybridized carbons (Fsp3) is 0.533. The van der Waals surface area contributed by atoms with Crippen molar-refractivity contribution in [2.45, 2.75) is 50.7 Å². The van der Waals surface area contributed by atoms with Gasteiger partial charge in [0.25, 0.3) is 0 Å². The van der Waals surface area contributed by atoms with E-state index in [2.05, 4.69) is 14.5 Å². The van der Waals surface area contributed by atoms with Crippen LogP contribution in [0.25, 0.3) is 11.0 Å². The highest BCUT2D eigenvalue weighted by Crippen LogP contribution is 2.42. The van der Waals surface area contributed by atoms with E-state index in [-0.39, 0.29) is 12.1 Å². The van der Waals surface area contributed by atoms with Crippen molar-refractivity contribution >= 4 is 17.1 Å². The molecule has 2 aliphatic rings. The van der Waals surface area contributed by atoms with E-state index in [1.54, 1.807) is 11.1 Å². The van der Waals surface area contributed by atoms with Crippen LogP contribution in [0, 0.1) is 6.92 Å². The smallest absolute Gasteiger partial charge is 0.407 e. The topological polar surface area (TPSA) is 71.2 Å². The Kier molecular flexibility index (Phi) is 2.67. The van der Waals surface area contributed by atoms with E-state index in [0.29, 0.717) is 6.04 Å². The molecule has 6 nitrogen and oxygen atoms in total. The highest BCUT2D eigenvalue weighted by molar-refractivity contribution is 5.75. The third-order valence-corrected chi connectivity index (χ3v) is 4.96. The third-order valence-electron chi connectivity index (χ3n) is 4.96. The molecule has 2 atom stereocenters. The maximum absolute atomic E-state index is 11.4. The van der Waals surface area contributed by atoms with Gasteiger partial charge in [0, 0.05) is 24.3 Å². The van der Waals surface area contributed by atoms with Crippen LogP contribution in [-0.2, 0) is 0 Å². The Balaban J connectivity index is 1.72. The molecule has 2 unspecified atom stereocenters. The molecule has 2 aromatic rings. The number of carboxylic acid groups (broad SMARTS) is 1. The van der Waals surface area contributed by atoms with E-state index in [0.717, 1.165) is 42.5 Å². The monoisotopic (exact) mass is 286 g/mol. The van der Waals surface area contributed by atoms with Gasteiger partial charge in [-0.2, -0.15) is 0 Å². The molecule has 0 saturated carbocycles. The first kappa shape index (κ1) is 12.6. The summed E-state index contributed by atoms with van der Waals surface area (Å²) in [5.74, 6) is 0.992. The number of aryl methyl sites for hydroxylation is 1. The second kappa shape index (κ2) is 4.44. The molecule has 6 heteroatoms. The zero-order valence-electron chi connectivity index (χ0n) is 11.9. The molecule has 1 N–H and O–H groups in total. The average molecular weight is 286 g/mol. The number of hydrogen-bond acceptors (Lipinski definition) is 3. The lowest BCUT2D eigenvalue weighted by Gasteiger charge is -2.38. The van der Waals surface area contributed by atoms with Gasteiger partial charge in [-0.1, -0.05) is 0 Å². The summed E-state index contributed by atoms with van der Waals surface area (Å²) in [6.07, 6.45) is 6.58. The summed E-state index contributed by atoms with van der Waals surface area (Å²) in [6, 6.07) is 2.56. The number of fused-ring (bicyclic) bond motifs is 3. The average Bonchev–Trinajstić information content (AvgIpc) is 2.92. The summed E-state index contributed by atoms with van der Waals surface area (Å²) in [5, 5.41) is 9.36. The summed E-state index contributed by atoms with van der Waals surface area (Å²) in [7, 11) is 0. The second-order valence-corrected chi connectivity index (χ2v) is 6.09. The zero-order valence-corrected chi connectivity index (χ0v) is 11.9. The van der Waals surface area contributed by atoms with Gasteiger partial charge in [0.2, 0.25) is 0 Å². The molecule has 0 radical (unpaired) electrons. The molecule has 1 amide bonds. The van der Waals surface area contributed by atoms with Crippen LogP contribution < -0.4 is 0 Å². The van der Waals surface area contributed by atoms with Gasteiger partial charge < -0.3 is 14.6 Å². The molecule has 0 spiro atoms. The lowest BCUT2D eigenvalue weighted by atomic mass is 9.97. The molecule has 4 rings (SSSR count). The Hall–Kier alpha value is -2.11. The fourth-order valence-corrected chi connectivity index (χ4v) is 4.19. The number of imidazole rings is 1. The van der Waals surface area contributed by atoms with Gasteiger partial charge in [-0.3, -0.25) is 4.98 Å². The number of amides is 1. The van der Waals surface area contributed by atoms with Crippen molar-refractivity contribution in [2.24, 2.45) is 0 Å². The molecule has 21 heavy (non-hydrogen) atoms. The normalized spacial score (nSPS) is 28.2. The lowest BCUT2D eigenvalue weighted by molar-refractivity contribution is 0.0872. The molecule has 4 heterocycles. The van der Waals surface area contributed by atoms with Gasteiger partial charge in [0.05, 0.1) is 17.2 Å². The lowest BCUT2D eigenvalue weighted by Crippen LogP contribution is -2.46. The fourth-order valence-electron chi connectivity index (χ4n) is 4.19. The molecule has 2 bridgehead atoms. The zero-order chi connectivity index (χ0) is 14.6. The van der Waals surface area contributed by atoms with Crippen LogP contribution in [0.5, 0.6) is 0 Å². The van der Waals surface area contributed by atoms with E-state index in [1.807, 2.05) is 19.2 Å². The minimum Gasteiger partial charge on any atom is -0.465 e.